The van der Waals surface area contributed by atoms with Crippen molar-refractivity contribution in [1.29, 1.82) is 0 Å². The van der Waals surface area contributed by atoms with Crippen LogP contribution in [0, 0.1) is 13.8 Å². The Morgan fingerprint density at radius 2 is 2.08 bits per heavy atom. The van der Waals surface area contributed by atoms with Gasteiger partial charge in [0.05, 0.1) is 20.8 Å². The van der Waals surface area contributed by atoms with Crippen LogP contribution in [0.25, 0.3) is 10.2 Å². The van der Waals surface area contributed by atoms with Crippen molar-refractivity contribution in [2.45, 2.75) is 45.2 Å². The lowest BCUT2D eigenvalue weighted by Gasteiger charge is -2.15. The van der Waals surface area contributed by atoms with Crippen molar-refractivity contribution >= 4 is 31.6 Å². The summed E-state index contributed by atoms with van der Waals surface area (Å²) in [5, 5.41) is 4.44. The number of hydrogen-bond acceptors (Lipinski definition) is 5. The second-order valence-corrected chi connectivity index (χ2v) is 8.64. The molecule has 25 heavy (non-hydrogen) atoms. The van der Waals surface area contributed by atoms with E-state index in [9.17, 15) is 13.2 Å². The maximum atomic E-state index is 12.7. The molecule has 2 aromatic heterocycles. The summed E-state index contributed by atoms with van der Waals surface area (Å²) >= 11 is 0.992. The molecule has 134 valence electrons. The van der Waals surface area contributed by atoms with E-state index in [1.165, 1.54) is 12.1 Å². The second kappa shape index (κ2) is 6.40. The van der Waals surface area contributed by atoms with Crippen molar-refractivity contribution in [2.75, 3.05) is 0 Å². The Labute approximate surface area is 149 Å². The van der Waals surface area contributed by atoms with Gasteiger partial charge in [-0.05, 0) is 45.9 Å². The SMILES string of the molecule is CCn1nc(C)c(C(C)NS(=O)(=O)c2ccc3[nH]c(=O)sc3c2)c1C. The van der Waals surface area contributed by atoms with E-state index < -0.39 is 16.1 Å². The summed E-state index contributed by atoms with van der Waals surface area (Å²) < 4.78 is 30.7. The van der Waals surface area contributed by atoms with E-state index in [1.807, 2.05) is 32.4 Å². The summed E-state index contributed by atoms with van der Waals surface area (Å²) in [6.45, 7) is 8.35. The first kappa shape index (κ1) is 17.8. The average molecular weight is 380 g/mol. The molecule has 1 atom stereocenters. The Bertz CT molecular complexity index is 1090. The van der Waals surface area contributed by atoms with Gasteiger partial charge in [-0.3, -0.25) is 9.48 Å². The van der Waals surface area contributed by atoms with Crippen molar-refractivity contribution in [1.82, 2.24) is 19.5 Å². The van der Waals surface area contributed by atoms with Gasteiger partial charge in [-0.1, -0.05) is 11.3 Å². The summed E-state index contributed by atoms with van der Waals surface area (Å²) in [4.78, 5) is 14.0. The Kier molecular flexibility index (Phi) is 4.56. The standard InChI is InChI=1S/C16H20N4O3S2/c1-5-20-11(4)15(9(2)18-20)10(3)19-25(22,23)12-6-7-13-14(8-12)24-16(21)17-13/h6-8,10,19H,5H2,1-4H3,(H,17,21). The average Bonchev–Trinajstić information content (AvgIpc) is 3.04. The van der Waals surface area contributed by atoms with Crippen molar-refractivity contribution in [3.05, 3.63) is 44.8 Å². The van der Waals surface area contributed by atoms with Gasteiger partial charge in [0.25, 0.3) is 0 Å². The fourth-order valence-electron chi connectivity index (χ4n) is 3.10. The van der Waals surface area contributed by atoms with Crippen LogP contribution in [0.15, 0.2) is 27.9 Å². The quantitative estimate of drug-likeness (QED) is 0.710. The van der Waals surface area contributed by atoms with Crippen LogP contribution in [0.1, 0.15) is 36.8 Å². The first-order valence-electron chi connectivity index (χ1n) is 7.92. The number of thiazole rings is 1. The third-order valence-corrected chi connectivity index (χ3v) is 6.59. The smallest absolute Gasteiger partial charge is 0.305 e. The number of nitrogens with one attached hydrogen (secondary N) is 2. The number of aromatic nitrogens is 3. The molecule has 1 aromatic carbocycles. The lowest BCUT2D eigenvalue weighted by Crippen LogP contribution is -2.27. The highest BCUT2D eigenvalue weighted by molar-refractivity contribution is 7.89. The first-order chi connectivity index (χ1) is 11.7. The topological polar surface area (TPSA) is 96.8 Å². The zero-order chi connectivity index (χ0) is 18.4. The molecule has 1 unspecified atom stereocenters. The van der Waals surface area contributed by atoms with Crippen molar-refractivity contribution in [3.63, 3.8) is 0 Å². The van der Waals surface area contributed by atoms with Crippen molar-refractivity contribution in [3.8, 4) is 0 Å². The van der Waals surface area contributed by atoms with E-state index in [1.54, 1.807) is 6.07 Å². The molecule has 0 aliphatic heterocycles. The molecular formula is C16H20N4O3S2. The Morgan fingerprint density at radius 1 is 1.36 bits per heavy atom. The number of rotatable bonds is 5. The molecule has 0 saturated carbocycles. The van der Waals surface area contributed by atoms with Gasteiger partial charge in [-0.25, -0.2) is 13.1 Å². The van der Waals surface area contributed by atoms with Gasteiger partial charge < -0.3 is 4.98 Å². The molecule has 0 aliphatic rings. The van der Waals surface area contributed by atoms with Crippen LogP contribution in [0.2, 0.25) is 0 Å². The Morgan fingerprint density at radius 3 is 2.72 bits per heavy atom. The molecule has 2 N–H and O–H groups in total. The summed E-state index contributed by atoms with van der Waals surface area (Å²) in [6, 6.07) is 4.21. The molecule has 0 bridgehead atoms. The van der Waals surface area contributed by atoms with E-state index >= 15 is 0 Å². The number of fused-ring (bicyclic) bond motifs is 1. The number of aryl methyl sites for hydroxylation is 2. The molecular weight excluding hydrogens is 360 g/mol. The normalized spacial score (nSPS) is 13.4. The van der Waals surface area contributed by atoms with Gasteiger partial charge >= 0.3 is 4.87 Å². The van der Waals surface area contributed by atoms with E-state index in [4.69, 9.17) is 0 Å². The maximum absolute atomic E-state index is 12.7. The summed E-state index contributed by atoms with van der Waals surface area (Å²) in [5.41, 5.74) is 3.29. The molecule has 0 aliphatic carbocycles. The fraction of sp³-hybridized carbons (Fsp3) is 0.375. The maximum Gasteiger partial charge on any atom is 0.305 e. The third-order valence-electron chi connectivity index (χ3n) is 4.20. The minimum Gasteiger partial charge on any atom is -0.312 e. The number of benzene rings is 1. The minimum absolute atomic E-state index is 0.139. The fourth-order valence-corrected chi connectivity index (χ4v) is 5.19. The highest BCUT2D eigenvalue weighted by Gasteiger charge is 2.23. The molecule has 0 fully saturated rings. The number of sulfonamides is 1. The highest BCUT2D eigenvalue weighted by Crippen LogP contribution is 2.25. The van der Waals surface area contributed by atoms with Gasteiger partial charge in [0, 0.05) is 23.8 Å². The van der Waals surface area contributed by atoms with E-state index in [0.29, 0.717) is 10.2 Å². The van der Waals surface area contributed by atoms with Crippen LogP contribution in [0.4, 0.5) is 0 Å². The van der Waals surface area contributed by atoms with Crippen LogP contribution in [-0.2, 0) is 16.6 Å². The van der Waals surface area contributed by atoms with E-state index in [-0.39, 0.29) is 9.77 Å². The number of aromatic amines is 1. The summed E-state index contributed by atoms with van der Waals surface area (Å²) in [6.07, 6.45) is 0. The molecule has 0 spiro atoms. The lowest BCUT2D eigenvalue weighted by molar-refractivity contribution is 0.565. The van der Waals surface area contributed by atoms with Gasteiger partial charge in [-0.15, -0.1) is 0 Å². The van der Waals surface area contributed by atoms with Crippen LogP contribution in [0.3, 0.4) is 0 Å². The van der Waals surface area contributed by atoms with Crippen LogP contribution in [-0.4, -0.2) is 23.2 Å². The van der Waals surface area contributed by atoms with Gasteiger partial charge in [-0.2, -0.15) is 5.10 Å². The number of nitrogens with zero attached hydrogens (tertiary/aromatic N) is 2. The lowest BCUT2D eigenvalue weighted by atomic mass is 10.1. The van der Waals surface area contributed by atoms with Gasteiger partial charge in [0.2, 0.25) is 10.0 Å². The number of hydrogen-bond donors (Lipinski definition) is 2. The highest BCUT2D eigenvalue weighted by atomic mass is 32.2. The van der Waals surface area contributed by atoms with Crippen LogP contribution in [0.5, 0.6) is 0 Å². The predicted molar refractivity (Wildman–Crippen MR) is 98.6 cm³/mol. The van der Waals surface area contributed by atoms with Crippen molar-refractivity contribution in [2.24, 2.45) is 0 Å². The molecule has 2 heterocycles. The minimum atomic E-state index is -3.72. The van der Waals surface area contributed by atoms with Gasteiger partial charge in [0.15, 0.2) is 0 Å². The molecule has 3 rings (SSSR count). The van der Waals surface area contributed by atoms with E-state index in [0.717, 1.165) is 34.8 Å². The molecule has 0 saturated heterocycles. The molecule has 0 radical (unpaired) electrons. The Balaban J connectivity index is 1.94. The Hall–Kier alpha value is -1.97. The van der Waals surface area contributed by atoms with Crippen LogP contribution < -0.4 is 9.60 Å². The van der Waals surface area contributed by atoms with Gasteiger partial charge in [0.1, 0.15) is 0 Å². The van der Waals surface area contributed by atoms with E-state index in [2.05, 4.69) is 14.8 Å². The zero-order valence-corrected chi connectivity index (χ0v) is 16.1. The number of H-pyrrole nitrogens is 1. The van der Waals surface area contributed by atoms with Crippen LogP contribution >= 0.6 is 11.3 Å². The first-order valence-corrected chi connectivity index (χ1v) is 10.2. The molecule has 7 nitrogen and oxygen atoms in total. The monoisotopic (exact) mass is 380 g/mol. The summed E-state index contributed by atoms with van der Waals surface area (Å²) in [5.74, 6) is 0. The molecule has 3 aromatic rings. The third kappa shape index (κ3) is 3.26. The summed E-state index contributed by atoms with van der Waals surface area (Å²) in [7, 11) is -3.72. The second-order valence-electron chi connectivity index (χ2n) is 5.92. The zero-order valence-electron chi connectivity index (χ0n) is 14.5. The molecule has 9 heteroatoms. The van der Waals surface area contributed by atoms with Crippen molar-refractivity contribution < 1.29 is 8.42 Å². The largest absolute Gasteiger partial charge is 0.312 e. The predicted octanol–water partition coefficient (Wildman–Crippen LogP) is 2.46. The molecule has 0 amide bonds.